The van der Waals surface area contributed by atoms with E-state index in [0.29, 0.717) is 5.69 Å². The van der Waals surface area contributed by atoms with Gasteiger partial charge < -0.3 is 15.4 Å². The van der Waals surface area contributed by atoms with E-state index < -0.39 is 10.0 Å². The van der Waals surface area contributed by atoms with Gasteiger partial charge in [-0.2, -0.15) is 0 Å². The summed E-state index contributed by atoms with van der Waals surface area (Å²) in [4.78, 5) is 12.6. The van der Waals surface area contributed by atoms with E-state index in [2.05, 4.69) is 27.5 Å². The molecular weight excluding hydrogens is 390 g/mol. The highest BCUT2D eigenvalue weighted by atomic mass is 32.2. The van der Waals surface area contributed by atoms with Crippen molar-refractivity contribution in [2.24, 2.45) is 0 Å². The monoisotopic (exact) mass is 417 g/mol. The molecule has 7 nitrogen and oxygen atoms in total. The van der Waals surface area contributed by atoms with Gasteiger partial charge in [-0.05, 0) is 61.6 Å². The maximum Gasteiger partial charge on any atom is 0.319 e. The summed E-state index contributed by atoms with van der Waals surface area (Å²) in [6.45, 7) is 2.01. The molecule has 156 valence electrons. The van der Waals surface area contributed by atoms with Gasteiger partial charge in [0.1, 0.15) is 0 Å². The molecule has 3 N–H and O–H groups in total. The molecule has 0 aromatic heterocycles. The second kappa shape index (κ2) is 9.39. The van der Waals surface area contributed by atoms with Gasteiger partial charge in [-0.25, -0.2) is 17.9 Å². The van der Waals surface area contributed by atoms with E-state index >= 15 is 0 Å². The number of amides is 2. The molecule has 0 fully saturated rings. The van der Waals surface area contributed by atoms with Crippen LogP contribution in [0.4, 0.5) is 10.5 Å². The van der Waals surface area contributed by atoms with Crippen LogP contribution >= 0.6 is 0 Å². The number of benzene rings is 2. The lowest BCUT2D eigenvalue weighted by Crippen LogP contribution is -2.35. The number of hydrogen-bond donors (Lipinski definition) is 3. The molecule has 0 saturated heterocycles. The number of methoxy groups -OCH3 is 1. The van der Waals surface area contributed by atoms with Crippen LogP contribution in [0.2, 0.25) is 0 Å². The number of urea groups is 1. The van der Waals surface area contributed by atoms with Crippen LogP contribution in [0, 0.1) is 0 Å². The lowest BCUT2D eigenvalue weighted by atomic mass is 9.88. The lowest BCUT2D eigenvalue weighted by molar-refractivity contribution is 0.180. The number of fused-ring (bicyclic) bond motifs is 1. The Morgan fingerprint density at radius 2 is 1.90 bits per heavy atom. The largest absolute Gasteiger partial charge is 0.383 e. The molecule has 0 saturated carbocycles. The number of carbonyl (C=O) groups is 1. The van der Waals surface area contributed by atoms with E-state index in [0.717, 1.165) is 24.8 Å². The quantitative estimate of drug-likeness (QED) is 0.645. The van der Waals surface area contributed by atoms with Crippen molar-refractivity contribution in [1.29, 1.82) is 0 Å². The zero-order valence-electron chi connectivity index (χ0n) is 16.6. The first-order valence-electron chi connectivity index (χ1n) is 9.65. The van der Waals surface area contributed by atoms with Crippen LogP contribution in [0.5, 0.6) is 0 Å². The number of hydrogen-bond acceptors (Lipinski definition) is 4. The average molecular weight is 418 g/mol. The van der Waals surface area contributed by atoms with Crippen LogP contribution in [-0.2, 0) is 21.2 Å². The van der Waals surface area contributed by atoms with E-state index in [1.165, 1.54) is 24.8 Å². The van der Waals surface area contributed by atoms with Crippen LogP contribution in [0.15, 0.2) is 53.4 Å². The summed E-state index contributed by atoms with van der Waals surface area (Å²) in [6.07, 6.45) is 2.96. The highest BCUT2D eigenvalue weighted by Gasteiger charge is 2.21. The minimum absolute atomic E-state index is 0.0222. The number of anilines is 1. The Hall–Kier alpha value is -2.42. The molecule has 2 amide bonds. The molecule has 2 aromatic rings. The van der Waals surface area contributed by atoms with Crippen molar-refractivity contribution in [3.63, 3.8) is 0 Å². The number of nitrogens with one attached hydrogen (secondary N) is 3. The van der Waals surface area contributed by atoms with Gasteiger partial charge in [0, 0.05) is 18.8 Å². The van der Waals surface area contributed by atoms with E-state index in [1.807, 2.05) is 12.1 Å². The Bertz CT molecular complexity index is 945. The molecule has 3 rings (SSSR count). The summed E-state index contributed by atoms with van der Waals surface area (Å²) in [5, 5.41) is 5.79. The van der Waals surface area contributed by atoms with Crippen molar-refractivity contribution >= 4 is 21.7 Å². The first-order valence-corrected chi connectivity index (χ1v) is 11.1. The summed E-state index contributed by atoms with van der Waals surface area (Å²) in [6, 6.07) is 13.6. The first-order chi connectivity index (χ1) is 13.9. The van der Waals surface area contributed by atoms with E-state index in [-0.39, 0.29) is 29.6 Å². The molecular formula is C21H27N3O4S. The highest BCUT2D eigenvalue weighted by Crippen LogP contribution is 2.29. The predicted molar refractivity (Wildman–Crippen MR) is 112 cm³/mol. The second-order valence-electron chi connectivity index (χ2n) is 7.24. The summed E-state index contributed by atoms with van der Waals surface area (Å²) in [7, 11) is -2.13. The number of rotatable bonds is 7. The molecule has 1 aliphatic rings. The normalized spacial score (nSPS) is 17.2. The van der Waals surface area contributed by atoms with E-state index in [9.17, 15) is 13.2 Å². The molecule has 0 bridgehead atoms. The third-order valence-corrected chi connectivity index (χ3v) is 6.48. The summed E-state index contributed by atoms with van der Waals surface area (Å²) in [5.41, 5.74) is 2.95. The molecule has 0 aliphatic heterocycles. The summed E-state index contributed by atoms with van der Waals surface area (Å²) in [5.74, 6) is 0. The van der Waals surface area contributed by atoms with Crippen molar-refractivity contribution in [3.05, 3.63) is 59.7 Å². The van der Waals surface area contributed by atoms with Gasteiger partial charge in [-0.1, -0.05) is 24.3 Å². The minimum Gasteiger partial charge on any atom is -0.383 e. The van der Waals surface area contributed by atoms with Crippen molar-refractivity contribution in [2.75, 3.05) is 19.0 Å². The molecule has 2 aromatic carbocycles. The zero-order chi connectivity index (χ0) is 20.9. The third kappa shape index (κ3) is 5.56. The van der Waals surface area contributed by atoms with Gasteiger partial charge >= 0.3 is 6.03 Å². The molecule has 2 atom stereocenters. The predicted octanol–water partition coefficient (Wildman–Crippen LogP) is 3.20. The third-order valence-electron chi connectivity index (χ3n) is 4.87. The smallest absolute Gasteiger partial charge is 0.319 e. The molecule has 0 unspecified atom stereocenters. The van der Waals surface area contributed by atoms with Crippen molar-refractivity contribution in [3.8, 4) is 0 Å². The van der Waals surface area contributed by atoms with Crippen molar-refractivity contribution in [1.82, 2.24) is 10.0 Å². The topological polar surface area (TPSA) is 96.5 Å². The molecule has 0 heterocycles. The Kier molecular flexibility index (Phi) is 6.89. The molecule has 0 spiro atoms. The minimum atomic E-state index is -3.64. The highest BCUT2D eigenvalue weighted by molar-refractivity contribution is 7.89. The fourth-order valence-electron chi connectivity index (χ4n) is 3.56. The van der Waals surface area contributed by atoms with E-state index in [1.54, 1.807) is 19.1 Å². The Balaban J connectivity index is 1.61. The average Bonchev–Trinajstić information content (AvgIpc) is 2.68. The van der Waals surface area contributed by atoms with Crippen molar-refractivity contribution < 1.29 is 17.9 Å². The van der Waals surface area contributed by atoms with Crippen molar-refractivity contribution in [2.45, 2.75) is 43.2 Å². The van der Waals surface area contributed by atoms with Gasteiger partial charge in [0.05, 0.1) is 17.5 Å². The van der Waals surface area contributed by atoms with Crippen LogP contribution in [-0.4, -0.2) is 34.2 Å². The zero-order valence-corrected chi connectivity index (χ0v) is 17.5. The summed E-state index contributed by atoms with van der Waals surface area (Å²) >= 11 is 0. The fourth-order valence-corrected chi connectivity index (χ4v) is 4.79. The maximum absolute atomic E-state index is 12.4. The standard InChI is InChI=1S/C21H27N3O4S/c1-15(14-28-2)24-29(26,27)18-12-10-17(11-13-18)22-21(25)23-20-9-5-7-16-6-3-4-8-19(16)20/h3-4,6,8,10-13,15,20,24H,5,7,9,14H2,1-2H3,(H2,22,23,25)/t15-,20+/m1/s1. The molecule has 0 radical (unpaired) electrons. The number of carbonyl (C=O) groups excluding carboxylic acids is 1. The van der Waals surface area contributed by atoms with Crippen LogP contribution in [0.1, 0.15) is 36.9 Å². The SMILES string of the molecule is COC[C@@H](C)NS(=O)(=O)c1ccc(NC(=O)N[C@H]2CCCc3ccccc32)cc1. The number of sulfonamides is 1. The lowest BCUT2D eigenvalue weighted by Gasteiger charge is -2.26. The van der Waals surface area contributed by atoms with Gasteiger partial charge in [0.25, 0.3) is 0 Å². The molecule has 29 heavy (non-hydrogen) atoms. The Morgan fingerprint density at radius 3 is 2.62 bits per heavy atom. The molecule has 1 aliphatic carbocycles. The summed E-state index contributed by atoms with van der Waals surface area (Å²) < 4.78 is 32.2. The van der Waals surface area contributed by atoms with Gasteiger partial charge in [0.15, 0.2) is 0 Å². The van der Waals surface area contributed by atoms with Gasteiger partial charge in [-0.15, -0.1) is 0 Å². The van der Waals surface area contributed by atoms with Gasteiger partial charge in [0.2, 0.25) is 10.0 Å². The molecule has 8 heteroatoms. The second-order valence-corrected chi connectivity index (χ2v) is 8.96. The van der Waals surface area contributed by atoms with Crippen LogP contribution < -0.4 is 15.4 Å². The van der Waals surface area contributed by atoms with Gasteiger partial charge in [-0.3, -0.25) is 0 Å². The Labute approximate surface area is 171 Å². The maximum atomic E-state index is 12.4. The fraction of sp³-hybridized carbons (Fsp3) is 0.381. The van der Waals surface area contributed by atoms with E-state index in [4.69, 9.17) is 4.74 Å². The van der Waals surface area contributed by atoms with Crippen LogP contribution in [0.25, 0.3) is 0 Å². The number of ether oxygens (including phenoxy) is 1. The van der Waals surface area contributed by atoms with Crippen LogP contribution in [0.3, 0.4) is 0 Å². The first kappa shape index (κ1) is 21.3. The number of aryl methyl sites for hydroxylation is 1. The Morgan fingerprint density at radius 1 is 1.17 bits per heavy atom.